The summed E-state index contributed by atoms with van der Waals surface area (Å²) >= 11 is 0. The molecule has 0 saturated heterocycles. The van der Waals surface area contributed by atoms with E-state index in [1.807, 2.05) is 36.4 Å². The summed E-state index contributed by atoms with van der Waals surface area (Å²) in [6.45, 7) is 8.50. The van der Waals surface area contributed by atoms with Crippen LogP contribution in [0.3, 0.4) is 0 Å². The summed E-state index contributed by atoms with van der Waals surface area (Å²) in [5.74, 6) is -0.552. The maximum Gasteiger partial charge on any atom is 0.338 e. The van der Waals surface area contributed by atoms with Gasteiger partial charge in [0, 0.05) is 5.41 Å². The van der Waals surface area contributed by atoms with Gasteiger partial charge in [-0.05, 0) is 43.0 Å². The van der Waals surface area contributed by atoms with Gasteiger partial charge in [0.05, 0.1) is 11.1 Å². The van der Waals surface area contributed by atoms with E-state index >= 15 is 0 Å². The van der Waals surface area contributed by atoms with Gasteiger partial charge >= 0.3 is 11.9 Å². The normalized spacial score (nSPS) is 13.4. The first-order valence-corrected chi connectivity index (χ1v) is 10.5. The Balaban J connectivity index is 2.22. The van der Waals surface area contributed by atoms with Crippen molar-refractivity contribution in [3.8, 4) is 0 Å². The SMILES string of the molecule is CCC(C)C(OC(=O)c1ccccc1)C(CC)(CC)COC(=O)c1ccccc1. The number of hydrogen-bond acceptors (Lipinski definition) is 4. The van der Waals surface area contributed by atoms with Crippen LogP contribution in [0.15, 0.2) is 60.7 Å². The van der Waals surface area contributed by atoms with Crippen LogP contribution in [-0.4, -0.2) is 24.6 Å². The number of carbonyl (C=O) groups is 2. The van der Waals surface area contributed by atoms with Crippen molar-refractivity contribution >= 4 is 11.9 Å². The third kappa shape index (κ3) is 5.69. The van der Waals surface area contributed by atoms with E-state index in [4.69, 9.17) is 9.47 Å². The molecule has 0 fully saturated rings. The van der Waals surface area contributed by atoms with E-state index in [1.165, 1.54) is 0 Å². The molecule has 4 heteroatoms. The highest BCUT2D eigenvalue weighted by Crippen LogP contribution is 2.38. The van der Waals surface area contributed by atoms with Crippen molar-refractivity contribution in [3.05, 3.63) is 71.8 Å². The van der Waals surface area contributed by atoms with Crippen molar-refractivity contribution in [2.24, 2.45) is 11.3 Å². The Morgan fingerprint density at radius 3 is 1.76 bits per heavy atom. The first kappa shape index (κ1) is 22.7. The minimum absolute atomic E-state index is 0.137. The second-order valence-corrected chi connectivity index (χ2v) is 7.59. The van der Waals surface area contributed by atoms with Crippen molar-refractivity contribution in [3.63, 3.8) is 0 Å². The molecule has 2 unspecified atom stereocenters. The fourth-order valence-corrected chi connectivity index (χ4v) is 3.62. The molecule has 0 aliphatic carbocycles. The van der Waals surface area contributed by atoms with Crippen LogP contribution in [0.2, 0.25) is 0 Å². The number of ether oxygens (including phenoxy) is 2. The van der Waals surface area contributed by atoms with Gasteiger partial charge in [-0.2, -0.15) is 0 Å². The molecule has 0 heterocycles. The van der Waals surface area contributed by atoms with Crippen LogP contribution in [0.4, 0.5) is 0 Å². The molecule has 2 atom stereocenters. The average Bonchev–Trinajstić information content (AvgIpc) is 2.79. The largest absolute Gasteiger partial charge is 0.461 e. The Morgan fingerprint density at radius 1 is 0.828 bits per heavy atom. The zero-order valence-corrected chi connectivity index (χ0v) is 17.9. The van der Waals surface area contributed by atoms with Crippen molar-refractivity contribution in [1.29, 1.82) is 0 Å². The minimum Gasteiger partial charge on any atom is -0.461 e. The summed E-state index contributed by atoms with van der Waals surface area (Å²) < 4.78 is 11.8. The number of rotatable bonds is 10. The van der Waals surface area contributed by atoms with Gasteiger partial charge in [0.1, 0.15) is 12.7 Å². The van der Waals surface area contributed by atoms with E-state index in [9.17, 15) is 9.59 Å². The van der Waals surface area contributed by atoms with Crippen LogP contribution in [0, 0.1) is 11.3 Å². The molecule has 2 rings (SSSR count). The van der Waals surface area contributed by atoms with Gasteiger partial charge in [-0.3, -0.25) is 0 Å². The first-order valence-electron chi connectivity index (χ1n) is 10.5. The molecule has 0 aliphatic heterocycles. The number of benzene rings is 2. The molecule has 0 N–H and O–H groups in total. The van der Waals surface area contributed by atoms with E-state index in [0.717, 1.165) is 19.3 Å². The van der Waals surface area contributed by atoms with E-state index < -0.39 is 5.41 Å². The van der Waals surface area contributed by atoms with Crippen LogP contribution < -0.4 is 0 Å². The lowest BCUT2D eigenvalue weighted by Crippen LogP contribution is -2.45. The summed E-state index contributed by atoms with van der Waals surface area (Å²) in [7, 11) is 0. The molecule has 0 saturated carbocycles. The molecule has 0 aromatic heterocycles. The highest BCUT2D eigenvalue weighted by atomic mass is 16.6. The average molecular weight is 397 g/mol. The van der Waals surface area contributed by atoms with E-state index in [1.54, 1.807) is 24.3 Å². The van der Waals surface area contributed by atoms with Gasteiger partial charge in [-0.15, -0.1) is 0 Å². The zero-order valence-electron chi connectivity index (χ0n) is 17.9. The Labute approximate surface area is 174 Å². The van der Waals surface area contributed by atoms with Crippen LogP contribution in [0.25, 0.3) is 0 Å². The summed E-state index contributed by atoms with van der Waals surface area (Å²) in [5, 5.41) is 0. The molecule has 0 aliphatic rings. The summed E-state index contributed by atoms with van der Waals surface area (Å²) in [4.78, 5) is 25.3. The topological polar surface area (TPSA) is 52.6 Å². The molecule has 156 valence electrons. The van der Waals surface area contributed by atoms with Gasteiger partial charge in [0.15, 0.2) is 0 Å². The highest BCUT2D eigenvalue weighted by molar-refractivity contribution is 5.90. The van der Waals surface area contributed by atoms with Crippen molar-refractivity contribution < 1.29 is 19.1 Å². The maximum absolute atomic E-state index is 12.8. The smallest absolute Gasteiger partial charge is 0.338 e. The molecule has 0 spiro atoms. The van der Waals surface area contributed by atoms with Gasteiger partial charge in [0.25, 0.3) is 0 Å². The minimum atomic E-state index is -0.440. The quantitative estimate of drug-likeness (QED) is 0.468. The fourth-order valence-electron chi connectivity index (χ4n) is 3.62. The third-order valence-corrected chi connectivity index (χ3v) is 5.92. The molecule has 29 heavy (non-hydrogen) atoms. The van der Waals surface area contributed by atoms with Crippen molar-refractivity contribution in [2.75, 3.05) is 6.61 Å². The molecule has 2 aromatic rings. The Hall–Kier alpha value is -2.62. The Bertz CT molecular complexity index is 766. The molecule has 4 nitrogen and oxygen atoms in total. The molecular formula is C25H32O4. The zero-order chi connectivity index (χ0) is 21.3. The van der Waals surface area contributed by atoms with Crippen LogP contribution in [0.1, 0.15) is 67.7 Å². The number of hydrogen-bond donors (Lipinski definition) is 0. The summed E-state index contributed by atoms with van der Waals surface area (Å²) in [6, 6.07) is 18.0. The van der Waals surface area contributed by atoms with E-state index in [2.05, 4.69) is 27.7 Å². The monoisotopic (exact) mass is 396 g/mol. The van der Waals surface area contributed by atoms with E-state index in [-0.39, 0.29) is 30.6 Å². The molecule has 0 radical (unpaired) electrons. The predicted octanol–water partition coefficient (Wildman–Crippen LogP) is 5.92. The lowest BCUT2D eigenvalue weighted by Gasteiger charge is -2.41. The first-order chi connectivity index (χ1) is 14.0. The van der Waals surface area contributed by atoms with Gasteiger partial charge < -0.3 is 9.47 Å². The maximum atomic E-state index is 12.8. The Kier molecular flexibility index (Phi) is 8.44. The molecular weight excluding hydrogens is 364 g/mol. The molecule has 0 amide bonds. The molecule has 0 bridgehead atoms. The standard InChI is InChI=1S/C25H32O4/c1-5-19(4)22(29-24(27)21-16-12-9-13-17-21)25(6-2,7-3)18-28-23(26)20-14-10-8-11-15-20/h8-17,19,22H,5-7,18H2,1-4H3. The second kappa shape index (κ2) is 10.8. The Morgan fingerprint density at radius 2 is 1.31 bits per heavy atom. The van der Waals surface area contributed by atoms with Crippen LogP contribution in [-0.2, 0) is 9.47 Å². The third-order valence-electron chi connectivity index (χ3n) is 5.92. The fraction of sp³-hybridized carbons (Fsp3) is 0.440. The summed E-state index contributed by atoms with van der Waals surface area (Å²) in [6.07, 6.45) is 1.99. The number of esters is 2. The second-order valence-electron chi connectivity index (χ2n) is 7.59. The van der Waals surface area contributed by atoms with Gasteiger partial charge in [-0.1, -0.05) is 70.5 Å². The van der Waals surface area contributed by atoms with Crippen molar-refractivity contribution in [1.82, 2.24) is 0 Å². The lowest BCUT2D eigenvalue weighted by atomic mass is 9.72. The van der Waals surface area contributed by atoms with Crippen LogP contribution >= 0.6 is 0 Å². The molecule has 2 aromatic carbocycles. The highest BCUT2D eigenvalue weighted by Gasteiger charge is 2.42. The number of carbonyl (C=O) groups excluding carboxylic acids is 2. The van der Waals surface area contributed by atoms with E-state index in [0.29, 0.717) is 11.1 Å². The lowest BCUT2D eigenvalue weighted by molar-refractivity contribution is -0.0751. The van der Waals surface area contributed by atoms with Gasteiger partial charge in [-0.25, -0.2) is 9.59 Å². The van der Waals surface area contributed by atoms with Gasteiger partial charge in [0.2, 0.25) is 0 Å². The van der Waals surface area contributed by atoms with Crippen molar-refractivity contribution in [2.45, 2.75) is 53.1 Å². The predicted molar refractivity (Wildman–Crippen MR) is 115 cm³/mol. The van der Waals surface area contributed by atoms with Crippen LogP contribution in [0.5, 0.6) is 0 Å². The summed E-state index contributed by atoms with van der Waals surface area (Å²) in [5.41, 5.74) is 0.614.